The van der Waals surface area contributed by atoms with E-state index in [-0.39, 0.29) is 109 Å². The van der Waals surface area contributed by atoms with Crippen LogP contribution in [-0.2, 0) is 99.8 Å². The number of nitrogens with one attached hydrogen (secondary N) is 4. The minimum absolute atomic E-state index is 0.0611. The molecule has 8 aromatic rings. The molecule has 44 nitrogen and oxygen atoms in total. The number of fused-ring (bicyclic) bond motifs is 4. The summed E-state index contributed by atoms with van der Waals surface area (Å²) in [5.41, 5.74) is -2.33. The van der Waals surface area contributed by atoms with Crippen molar-refractivity contribution in [3.63, 3.8) is 0 Å². The fraction of sp³-hybridized carbons (Fsp3) is 0.412. The van der Waals surface area contributed by atoms with Crippen LogP contribution < -0.4 is 59.8 Å². The van der Waals surface area contributed by atoms with Crippen LogP contribution in [0.5, 0.6) is 46.0 Å². The van der Waals surface area contributed by atoms with Crippen LogP contribution in [0.4, 0.5) is 17.6 Å². The Balaban J connectivity index is 0.000000152. The lowest BCUT2D eigenvalue weighted by molar-refractivity contribution is -0.205. The lowest BCUT2D eigenvalue weighted by atomic mass is 10.1. The summed E-state index contributed by atoms with van der Waals surface area (Å²) in [6, 6.07) is 18.9. The molecule has 696 valence electrons. The van der Waals surface area contributed by atoms with E-state index in [1.54, 1.807) is 48.5 Å². The highest BCUT2D eigenvalue weighted by Crippen LogP contribution is 2.62. The average Bonchev–Trinajstić information content (AvgIpc) is 1.55. The van der Waals surface area contributed by atoms with Crippen molar-refractivity contribution >= 4 is 127 Å². The number of ether oxygens (including phenoxy) is 8. The summed E-state index contributed by atoms with van der Waals surface area (Å²) in [4.78, 5) is 57.4. The van der Waals surface area contributed by atoms with Crippen LogP contribution in [0.25, 0.3) is 0 Å². The maximum absolute atomic E-state index is 15.9. The zero-order valence-electron chi connectivity index (χ0n) is 70.5. The van der Waals surface area contributed by atoms with Crippen molar-refractivity contribution in [1.82, 2.24) is 38.2 Å². The number of para-hydroxylation sites is 4. The molecule has 0 bridgehead atoms. The second-order valence-electron chi connectivity index (χ2n) is 26.9. The Morgan fingerprint density at radius 1 is 0.406 bits per heavy atom. The minimum Gasteiger partial charge on any atom is -0.493 e. The largest absolute Gasteiger partial charge is 0.530 e. The van der Waals surface area contributed by atoms with Gasteiger partial charge in [-0.1, -0.05) is 144 Å². The van der Waals surface area contributed by atoms with Gasteiger partial charge in [-0.15, -0.1) is 0 Å². The molecule has 4 fully saturated rings. The number of hydrogen-bond acceptors (Lipinski definition) is 40. The van der Waals surface area contributed by atoms with Crippen LogP contribution in [0, 0.1) is 18.6 Å². The summed E-state index contributed by atoms with van der Waals surface area (Å²) in [7, 11) is -13.2. The lowest BCUT2D eigenvalue weighted by Crippen LogP contribution is -2.43. The van der Waals surface area contributed by atoms with E-state index >= 15 is 17.6 Å². The highest BCUT2D eigenvalue weighted by Gasteiger charge is 2.62. The number of nitrogens with zero attached hydrogens (tertiary/aromatic N) is 4. The molecule has 128 heavy (non-hydrogen) atoms. The highest BCUT2D eigenvalue weighted by molar-refractivity contribution is 7.72. The van der Waals surface area contributed by atoms with Gasteiger partial charge in [0.25, 0.3) is 23.4 Å². The van der Waals surface area contributed by atoms with E-state index in [9.17, 15) is 78.3 Å². The van der Waals surface area contributed by atoms with Gasteiger partial charge in [0.1, 0.15) is 93.7 Å². The molecule has 8 aliphatic rings. The van der Waals surface area contributed by atoms with Crippen molar-refractivity contribution < 1.29 is 177 Å². The van der Waals surface area contributed by atoms with E-state index in [0.29, 0.717) is 31.4 Å². The Labute approximate surface area is 762 Å². The van der Waals surface area contributed by atoms with Gasteiger partial charge in [0.15, 0.2) is 70.9 Å². The Hall–Kier alpha value is -7.32. The van der Waals surface area contributed by atoms with E-state index in [1.165, 1.54) is 52.7 Å². The lowest BCUT2D eigenvalue weighted by Gasteiger charge is -2.28. The number of phosphoric ester groups is 4. The van der Waals surface area contributed by atoms with Gasteiger partial charge in [0.05, 0.1) is 83.2 Å². The van der Waals surface area contributed by atoms with Gasteiger partial charge in [0.2, 0.25) is 0 Å². The van der Waals surface area contributed by atoms with Crippen LogP contribution in [0.2, 0.25) is 20.1 Å². The first-order valence-corrected chi connectivity index (χ1v) is 44.6. The van der Waals surface area contributed by atoms with Crippen LogP contribution in [-0.4, -0.2) is 206 Å². The smallest absolute Gasteiger partial charge is 0.493 e. The summed E-state index contributed by atoms with van der Waals surface area (Å²) in [6.07, 6.45) is -25.2. The van der Waals surface area contributed by atoms with Crippen LogP contribution >= 0.6 is 127 Å². The first-order chi connectivity index (χ1) is 62.5. The van der Waals surface area contributed by atoms with Crippen molar-refractivity contribution in [2.75, 3.05) is 54.8 Å². The number of halogens is 8. The number of aliphatic hydroxyl groups excluding tert-OH is 8. The van der Waals surface area contributed by atoms with E-state index in [4.69, 9.17) is 196 Å². The van der Waals surface area contributed by atoms with Crippen LogP contribution in [0.1, 0.15) is 55.3 Å². The predicted octanol–water partition coefficient (Wildman–Crippen LogP) is 8.87. The monoisotopic (exact) mass is 2050 g/mol. The Kier molecular flexibility index (Phi) is 27.2. The molecule has 12 heterocycles. The van der Waals surface area contributed by atoms with Crippen LogP contribution in [0.3, 0.4) is 0 Å². The van der Waals surface area contributed by atoms with Crippen molar-refractivity contribution in [2.45, 2.75) is 124 Å². The third-order valence-electron chi connectivity index (χ3n) is 18.7. The molecule has 0 saturated carbocycles. The molecule has 0 aliphatic carbocycles. The predicted molar refractivity (Wildman–Crippen MR) is 435 cm³/mol. The maximum Gasteiger partial charge on any atom is 0.530 e. The molecule has 4 unspecified atom stereocenters. The van der Waals surface area contributed by atoms with Gasteiger partial charge in [-0.05, 0) is 24.3 Å². The molecule has 0 spiro atoms. The molecule has 0 amide bonds. The van der Waals surface area contributed by atoms with Crippen LogP contribution in [0.15, 0.2) is 117 Å². The zero-order chi connectivity index (χ0) is 98.5. The van der Waals surface area contributed by atoms with Crippen molar-refractivity contribution in [3.8, 4) is 46.0 Å². The van der Waals surface area contributed by atoms with Gasteiger partial charge in [-0.25, -0.2) is 55.0 Å². The number of aromatic nitrogens is 8. The van der Waals surface area contributed by atoms with Gasteiger partial charge in [-0.2, -0.15) is 0 Å². The SMILES string of the molecule is COc1cccc2c1OP(=O)(OC[C@@]1(F)O[C@@H](n3cc(Cl)c(=S)[nH]c3=O)[C@H](O)[C@@H]1O)OC2.[2H]C([2H])(OP1(=O)OCc2cccc(OC)c2O1)[C@@]1(F)O[C@@H](n2cc(Cl)c(=S)[nH]c2=O)[C@H](O)[C@@H]1O.[2H]C([2H])(OP1(=O)OCc2cccc(OC)c2O1)[C@@]1(F)O[C@@]([2H])(n2cc(Cl)c(=S)[nH]c2=O)[C@H](O)[C@@H]1O.[2H][C@@]1(n2cc(Cl)c(=S)[nH]c2=O)O[C@](F)(COP2(=O)OCc3cccc(OC)c3O2)[C@@H](O)[C@H]1O. The number of benzene rings is 4. The highest BCUT2D eigenvalue weighted by atomic mass is 35.5. The number of methoxy groups -OCH3 is 4. The molecular weight excluding hydrogens is 1970 g/mol. The van der Waals surface area contributed by atoms with E-state index in [0.717, 1.165) is 29.4 Å². The molecule has 60 heteroatoms. The molecule has 12 N–H and O–H groups in total. The summed E-state index contributed by atoms with van der Waals surface area (Å²) >= 11 is 42.6. The summed E-state index contributed by atoms with van der Waals surface area (Å²) in [5, 5.41) is 81.8. The molecule has 0 radical (unpaired) electrons. The molecule has 4 aromatic carbocycles. The van der Waals surface area contributed by atoms with Gasteiger partial charge >= 0.3 is 54.0 Å². The quantitative estimate of drug-likeness (QED) is 0.0192. The van der Waals surface area contributed by atoms with Gasteiger partial charge in [-0.3, -0.25) is 74.4 Å². The number of phosphoric acid groups is 4. The zero-order valence-corrected chi connectivity index (χ0v) is 74.4. The fourth-order valence-corrected chi connectivity index (χ4v) is 18.0. The minimum atomic E-state index is -4.92. The molecular formula is C68H68Cl4F4N8O36P4S4. The number of aromatic amines is 4. The van der Waals surface area contributed by atoms with Crippen molar-refractivity contribution in [2.24, 2.45) is 0 Å². The molecule has 8 aliphatic heterocycles. The number of H-pyrrole nitrogens is 4. The number of hydrogen-bond donors (Lipinski definition) is 12. The fourth-order valence-electron chi connectivity index (χ4n) is 12.2. The average molecular weight is 2050 g/mol. The Bertz CT molecular complexity index is 6610. The summed E-state index contributed by atoms with van der Waals surface area (Å²) in [5.74, 6) is -13.6. The maximum atomic E-state index is 15.9. The number of rotatable bonds is 20. The first-order valence-electron chi connectivity index (χ1n) is 38.6. The third kappa shape index (κ3) is 20.3. The normalized spacial score (nSPS) is 33.8. The van der Waals surface area contributed by atoms with E-state index < -0.39 is 184 Å². The summed E-state index contributed by atoms with van der Waals surface area (Å²) in [6.45, 7) is -11.2. The third-order valence-corrected chi connectivity index (χ3v) is 26.5. The standard InChI is InChI=1S/4C17H17ClFN2O9PS/c4*1-26-10-4-2-3-8-6-27-31(25,30-12(8)10)28-7-17(19)13(23)11(22)15(29-17)21-5-9(18)14(32)20-16(21)24/h4*2-5,11,13,15,22-23H,6-7H2,1H3,(H,20,24,32)/t4*11-,13+,15-,17-,31?/m1111/s1/i7D2,15D;15D;7D2;. The molecule has 4 aromatic heterocycles. The van der Waals surface area contributed by atoms with Crippen molar-refractivity contribution in [3.05, 3.63) is 200 Å². The molecule has 4 saturated heterocycles. The second kappa shape index (κ2) is 38.7. The van der Waals surface area contributed by atoms with E-state index in [2.05, 4.69) is 19.9 Å². The van der Waals surface area contributed by atoms with E-state index in [1.807, 2.05) is 0 Å². The second-order valence-corrected chi connectivity index (χ2v) is 36.4. The Morgan fingerprint density at radius 2 is 0.648 bits per heavy atom. The topological polar surface area (TPSA) is 566 Å². The van der Waals surface area contributed by atoms with Gasteiger partial charge in [0, 0.05) is 47.0 Å². The molecule has 20 atom stereocenters. The molecule has 16 rings (SSSR count). The number of alkyl halides is 4. The van der Waals surface area contributed by atoms with Crippen molar-refractivity contribution in [1.29, 1.82) is 0 Å². The Morgan fingerprint density at radius 3 is 0.961 bits per heavy atom. The van der Waals surface area contributed by atoms with Gasteiger partial charge < -0.3 is 96.8 Å². The first kappa shape index (κ1) is 89.9. The summed E-state index contributed by atoms with van der Waals surface area (Å²) < 4.78 is 265. The number of aliphatic hydroxyl groups is 8.